The first-order chi connectivity index (χ1) is 41.6. The number of carbonyl (C=O) groups excluding carboxylic acids is 3. The fourth-order valence-corrected chi connectivity index (χ4v) is 9.45. The van der Waals surface area contributed by atoms with Crippen molar-refractivity contribution in [2.75, 3.05) is 47.5 Å². The number of rotatable bonds is 63. The second kappa shape index (κ2) is 65.7. The molecular formula is C76H129NO8. The molecule has 2 unspecified atom stereocenters. The standard InChI is InChI=1S/C76H129NO8/c1-6-8-10-12-14-16-18-20-22-24-26-28-30-32-34-35-36-37-38-39-41-43-45-47-49-51-53-55-57-59-61-63-65-67-74(79)85-72(71-84-76(75(80)81)82-69-68-77(3,4)5)70-83-73(78)66-64-62-60-58-56-54-52-50-48-46-44-42-40-33-31-29-27-25-23-21-19-17-15-13-11-9-7-2/h8,10,14,16,20,22,26,28,32,34,36-37,39,41,45,47,51,53,57,59,72,76H,6-7,9,11-13,15,17-19,21,23-25,27,29-31,33,35,38,40,42-44,46,48-50,52,54-56,58,60-71H2,1-5H3/b10-8-,16-14-,22-20-,28-26-,34-32-,37-36-,41-39-,47-45-,53-51-,59-57-. The molecule has 0 aliphatic rings. The van der Waals surface area contributed by atoms with Crippen molar-refractivity contribution < 1.29 is 42.9 Å². The predicted octanol–water partition coefficient (Wildman–Crippen LogP) is 20.2. The topological polar surface area (TPSA) is 111 Å². The quantitative estimate of drug-likeness (QED) is 0.0195. The number of nitrogens with zero attached hydrogens (tertiary/aromatic N) is 1. The molecule has 0 saturated carbocycles. The molecule has 85 heavy (non-hydrogen) atoms. The lowest BCUT2D eigenvalue weighted by molar-refractivity contribution is -0.870. The number of hydrogen-bond donors (Lipinski definition) is 0. The van der Waals surface area contributed by atoms with Crippen LogP contribution in [-0.4, -0.2) is 82.3 Å². The Labute approximate surface area is 523 Å². The molecule has 0 spiro atoms. The van der Waals surface area contributed by atoms with Crippen LogP contribution in [-0.2, 0) is 33.3 Å². The molecule has 0 aliphatic carbocycles. The van der Waals surface area contributed by atoms with Gasteiger partial charge < -0.3 is 33.3 Å². The van der Waals surface area contributed by atoms with Gasteiger partial charge in [-0.05, 0) is 89.9 Å². The summed E-state index contributed by atoms with van der Waals surface area (Å²) in [7, 11) is 5.91. The van der Waals surface area contributed by atoms with Gasteiger partial charge >= 0.3 is 11.9 Å². The average molecular weight is 1180 g/mol. The van der Waals surface area contributed by atoms with Gasteiger partial charge in [0.15, 0.2) is 12.4 Å². The zero-order chi connectivity index (χ0) is 61.9. The second-order valence-electron chi connectivity index (χ2n) is 24.1. The molecule has 9 nitrogen and oxygen atoms in total. The largest absolute Gasteiger partial charge is 0.545 e. The number of likely N-dealkylation sites (N-methyl/N-ethyl adjacent to an activating group) is 1. The fourth-order valence-electron chi connectivity index (χ4n) is 9.45. The van der Waals surface area contributed by atoms with Crippen LogP contribution < -0.4 is 5.11 Å². The van der Waals surface area contributed by atoms with E-state index in [4.69, 9.17) is 18.9 Å². The van der Waals surface area contributed by atoms with Crippen LogP contribution in [0.25, 0.3) is 0 Å². The number of allylic oxidation sites excluding steroid dienone is 20. The molecule has 0 rings (SSSR count). The van der Waals surface area contributed by atoms with E-state index in [2.05, 4.69) is 135 Å². The molecule has 0 heterocycles. The summed E-state index contributed by atoms with van der Waals surface area (Å²) in [4.78, 5) is 37.5. The number of carbonyl (C=O) groups is 3. The molecule has 9 heteroatoms. The van der Waals surface area contributed by atoms with E-state index in [1.54, 1.807) is 0 Å². The number of carboxylic acid groups (broad SMARTS) is 1. The number of ether oxygens (including phenoxy) is 4. The molecule has 0 amide bonds. The highest BCUT2D eigenvalue weighted by atomic mass is 16.7. The maximum Gasteiger partial charge on any atom is 0.306 e. The van der Waals surface area contributed by atoms with Gasteiger partial charge in [-0.1, -0.05) is 302 Å². The highest BCUT2D eigenvalue weighted by Crippen LogP contribution is 2.17. The molecule has 0 fully saturated rings. The zero-order valence-corrected chi connectivity index (χ0v) is 55.4. The summed E-state index contributed by atoms with van der Waals surface area (Å²) in [5, 5.41) is 11.8. The second-order valence-corrected chi connectivity index (χ2v) is 24.1. The lowest BCUT2D eigenvalue weighted by Crippen LogP contribution is -2.44. The Hall–Kier alpha value is -4.31. The first kappa shape index (κ1) is 80.7. The Morgan fingerprint density at radius 2 is 0.671 bits per heavy atom. The van der Waals surface area contributed by atoms with Crippen molar-refractivity contribution in [2.45, 2.75) is 296 Å². The molecule has 0 aromatic heterocycles. The molecule has 2 atom stereocenters. The third-order valence-corrected chi connectivity index (χ3v) is 14.7. The van der Waals surface area contributed by atoms with Gasteiger partial charge in [0.05, 0.1) is 40.3 Å². The van der Waals surface area contributed by atoms with E-state index < -0.39 is 24.3 Å². The van der Waals surface area contributed by atoms with Crippen LogP contribution in [0.4, 0.5) is 0 Å². The van der Waals surface area contributed by atoms with E-state index in [0.717, 1.165) is 96.3 Å². The molecule has 0 aliphatic heterocycles. The molecule has 486 valence electrons. The van der Waals surface area contributed by atoms with Gasteiger partial charge in [-0.25, -0.2) is 0 Å². The van der Waals surface area contributed by atoms with Crippen molar-refractivity contribution >= 4 is 17.9 Å². The van der Waals surface area contributed by atoms with Gasteiger partial charge in [0.2, 0.25) is 0 Å². The fraction of sp³-hybridized carbons (Fsp3) is 0.697. The van der Waals surface area contributed by atoms with Gasteiger partial charge in [0.1, 0.15) is 13.2 Å². The van der Waals surface area contributed by atoms with E-state index in [0.29, 0.717) is 17.4 Å². The van der Waals surface area contributed by atoms with Crippen molar-refractivity contribution in [3.8, 4) is 0 Å². The number of aliphatic carboxylic acids is 1. The molecule has 0 N–H and O–H groups in total. The molecule has 0 aromatic rings. The third kappa shape index (κ3) is 67.1. The minimum atomic E-state index is -1.64. The van der Waals surface area contributed by atoms with Crippen molar-refractivity contribution in [1.29, 1.82) is 0 Å². The van der Waals surface area contributed by atoms with E-state index in [-0.39, 0.29) is 38.6 Å². The van der Waals surface area contributed by atoms with Gasteiger partial charge in [-0.3, -0.25) is 9.59 Å². The SMILES string of the molecule is CC/C=C\C/C=C\C/C=C\C/C=C\C/C=C\C/C=C\C/C=C\C/C=C\C/C=C\C/C=C\CCCCC(=O)OC(COC(=O)CCCCCCCCCCCCCCCCCCCCCCCCCCCCC)COC(OCC[N+](C)(C)C)C(=O)[O-]. The predicted molar refractivity (Wildman–Crippen MR) is 361 cm³/mol. The third-order valence-electron chi connectivity index (χ3n) is 14.7. The van der Waals surface area contributed by atoms with Crippen molar-refractivity contribution in [1.82, 2.24) is 0 Å². The summed E-state index contributed by atoms with van der Waals surface area (Å²) in [6.45, 7) is 4.60. The Morgan fingerprint density at radius 1 is 0.365 bits per heavy atom. The monoisotopic (exact) mass is 1180 g/mol. The Balaban J connectivity index is 4.25. The number of quaternary nitrogens is 1. The smallest absolute Gasteiger partial charge is 0.306 e. The first-order valence-corrected chi connectivity index (χ1v) is 34.7. The highest BCUT2D eigenvalue weighted by molar-refractivity contribution is 5.70. The molecule has 0 bridgehead atoms. The van der Waals surface area contributed by atoms with Crippen LogP contribution in [0.3, 0.4) is 0 Å². The van der Waals surface area contributed by atoms with Crippen LogP contribution in [0, 0.1) is 0 Å². The summed E-state index contributed by atoms with van der Waals surface area (Å²) in [6, 6.07) is 0. The van der Waals surface area contributed by atoms with E-state index >= 15 is 0 Å². The highest BCUT2D eigenvalue weighted by Gasteiger charge is 2.22. The van der Waals surface area contributed by atoms with Crippen molar-refractivity contribution in [2.24, 2.45) is 0 Å². The maximum atomic E-state index is 12.9. The van der Waals surface area contributed by atoms with Crippen LogP contribution >= 0.6 is 0 Å². The average Bonchev–Trinajstić information content (AvgIpc) is 3.49. The van der Waals surface area contributed by atoms with E-state index in [1.165, 1.54) is 154 Å². The first-order valence-electron chi connectivity index (χ1n) is 34.7. The Morgan fingerprint density at radius 3 is 1.00 bits per heavy atom. The minimum Gasteiger partial charge on any atom is -0.545 e. The zero-order valence-electron chi connectivity index (χ0n) is 55.4. The Kier molecular flexibility index (Phi) is 62.3. The normalized spacial score (nSPS) is 13.5. The summed E-state index contributed by atoms with van der Waals surface area (Å²) < 4.78 is 22.7. The Bertz CT molecular complexity index is 1810. The lowest BCUT2D eigenvalue weighted by atomic mass is 10.0. The molecule has 0 saturated heterocycles. The maximum absolute atomic E-state index is 12.9. The number of hydrogen-bond acceptors (Lipinski definition) is 8. The number of unbranched alkanes of at least 4 members (excludes halogenated alkanes) is 28. The molecular weight excluding hydrogens is 1050 g/mol. The van der Waals surface area contributed by atoms with Crippen LogP contribution in [0.2, 0.25) is 0 Å². The summed E-state index contributed by atoms with van der Waals surface area (Å²) >= 11 is 0. The van der Waals surface area contributed by atoms with Crippen molar-refractivity contribution in [3.63, 3.8) is 0 Å². The minimum absolute atomic E-state index is 0.134. The van der Waals surface area contributed by atoms with Gasteiger partial charge in [0, 0.05) is 12.8 Å². The van der Waals surface area contributed by atoms with Gasteiger partial charge in [-0.15, -0.1) is 0 Å². The van der Waals surface area contributed by atoms with Gasteiger partial charge in [0.25, 0.3) is 0 Å². The number of carboxylic acids is 1. The summed E-state index contributed by atoms with van der Waals surface area (Å²) in [6.07, 6.45) is 90.0. The summed E-state index contributed by atoms with van der Waals surface area (Å²) in [5.74, 6) is -2.34. The lowest BCUT2D eigenvalue weighted by Gasteiger charge is -2.26. The van der Waals surface area contributed by atoms with E-state index in [1.807, 2.05) is 21.1 Å². The van der Waals surface area contributed by atoms with Crippen LogP contribution in [0.5, 0.6) is 0 Å². The van der Waals surface area contributed by atoms with Gasteiger partial charge in [-0.2, -0.15) is 0 Å². The van der Waals surface area contributed by atoms with E-state index in [9.17, 15) is 19.5 Å². The summed E-state index contributed by atoms with van der Waals surface area (Å²) in [5.41, 5.74) is 0. The van der Waals surface area contributed by atoms with Crippen LogP contribution in [0.15, 0.2) is 122 Å². The number of esters is 2. The molecule has 0 radical (unpaired) electrons. The van der Waals surface area contributed by atoms with Crippen LogP contribution in [0.1, 0.15) is 284 Å². The molecule has 0 aromatic carbocycles. The van der Waals surface area contributed by atoms with Crippen molar-refractivity contribution in [3.05, 3.63) is 122 Å².